The van der Waals surface area contributed by atoms with Gasteiger partial charge in [0.1, 0.15) is 11.2 Å². The van der Waals surface area contributed by atoms with E-state index in [0.29, 0.717) is 21.9 Å². The molecule has 3 heterocycles. The summed E-state index contributed by atoms with van der Waals surface area (Å²) in [4.78, 5) is 37.9. The third-order valence-corrected chi connectivity index (χ3v) is 4.82. The zero-order valence-electron chi connectivity index (χ0n) is 13.9. The van der Waals surface area contributed by atoms with Crippen molar-refractivity contribution in [3.8, 4) is 5.75 Å². The summed E-state index contributed by atoms with van der Waals surface area (Å²) in [6, 6.07) is 13.6. The summed E-state index contributed by atoms with van der Waals surface area (Å²) in [7, 11) is 0. The zero-order valence-corrected chi connectivity index (χ0v) is 13.9. The van der Waals surface area contributed by atoms with Gasteiger partial charge in [-0.05, 0) is 24.3 Å². The smallest absolute Gasteiger partial charge is 0.343 e. The molecule has 2 aromatic carbocycles. The van der Waals surface area contributed by atoms with Gasteiger partial charge in [-0.15, -0.1) is 0 Å². The van der Waals surface area contributed by atoms with Gasteiger partial charge in [0.2, 0.25) is 0 Å². The van der Waals surface area contributed by atoms with E-state index in [1.807, 2.05) is 0 Å². The van der Waals surface area contributed by atoms with Crippen molar-refractivity contribution >= 4 is 27.9 Å². The topological polar surface area (TPSA) is 86.7 Å². The van der Waals surface area contributed by atoms with Crippen LogP contribution >= 0.6 is 0 Å². The number of carbonyl (C=O) groups is 1. The Morgan fingerprint density at radius 1 is 0.852 bits per heavy atom. The first-order valence-electron chi connectivity index (χ1n) is 8.40. The van der Waals surface area contributed by atoms with Crippen LogP contribution in [0.4, 0.5) is 0 Å². The van der Waals surface area contributed by atoms with E-state index in [2.05, 4.69) is 0 Å². The van der Waals surface area contributed by atoms with E-state index in [4.69, 9.17) is 13.6 Å². The Kier molecular flexibility index (Phi) is 3.27. The number of benzene rings is 2. The quantitative estimate of drug-likeness (QED) is 0.382. The lowest BCUT2D eigenvalue weighted by atomic mass is 9.87. The third kappa shape index (κ3) is 2.30. The van der Waals surface area contributed by atoms with Gasteiger partial charge in [0.05, 0.1) is 29.0 Å². The minimum Gasteiger partial charge on any atom is -0.464 e. The van der Waals surface area contributed by atoms with Crippen LogP contribution in [0.25, 0.3) is 21.9 Å². The second-order valence-electron chi connectivity index (χ2n) is 6.38. The zero-order chi connectivity index (χ0) is 18.5. The Labute approximate surface area is 151 Å². The maximum atomic E-state index is 13.0. The Balaban J connectivity index is 1.83. The van der Waals surface area contributed by atoms with E-state index in [0.717, 1.165) is 0 Å². The van der Waals surface area contributed by atoms with Gasteiger partial charge in [0, 0.05) is 11.5 Å². The molecule has 5 rings (SSSR count). The molecule has 0 amide bonds. The van der Waals surface area contributed by atoms with Gasteiger partial charge >= 0.3 is 11.6 Å². The Hall–Kier alpha value is -3.67. The van der Waals surface area contributed by atoms with E-state index in [1.165, 1.54) is 6.26 Å². The summed E-state index contributed by atoms with van der Waals surface area (Å²) in [6.07, 6.45) is 1.17. The average molecular weight is 360 g/mol. The van der Waals surface area contributed by atoms with Gasteiger partial charge in [-0.25, -0.2) is 4.79 Å². The van der Waals surface area contributed by atoms with Crippen molar-refractivity contribution in [1.29, 1.82) is 0 Å². The molecule has 4 aromatic rings. The Morgan fingerprint density at radius 2 is 1.56 bits per heavy atom. The van der Waals surface area contributed by atoms with Crippen LogP contribution in [0.5, 0.6) is 5.75 Å². The van der Waals surface area contributed by atoms with E-state index in [-0.39, 0.29) is 28.7 Å². The van der Waals surface area contributed by atoms with Crippen LogP contribution in [-0.2, 0) is 4.79 Å². The van der Waals surface area contributed by atoms with Crippen molar-refractivity contribution in [2.24, 2.45) is 0 Å². The summed E-state index contributed by atoms with van der Waals surface area (Å²) >= 11 is 0. The summed E-state index contributed by atoms with van der Waals surface area (Å²) in [6.45, 7) is 0. The molecule has 0 N–H and O–H groups in total. The predicted molar refractivity (Wildman–Crippen MR) is 97.1 cm³/mol. The number of para-hydroxylation sites is 2. The highest BCUT2D eigenvalue weighted by Gasteiger charge is 2.35. The molecule has 6 nitrogen and oxygen atoms in total. The predicted octanol–water partition coefficient (Wildman–Crippen LogP) is 3.34. The maximum absolute atomic E-state index is 13.0. The second kappa shape index (κ2) is 5.67. The third-order valence-electron chi connectivity index (χ3n) is 4.82. The Bertz CT molecular complexity index is 1340. The molecule has 0 aliphatic carbocycles. The Morgan fingerprint density at radius 3 is 2.37 bits per heavy atom. The molecule has 2 aromatic heterocycles. The van der Waals surface area contributed by atoms with E-state index >= 15 is 0 Å². The average Bonchev–Trinajstić information content (AvgIpc) is 2.68. The number of fused-ring (bicyclic) bond motifs is 4. The van der Waals surface area contributed by atoms with Crippen LogP contribution in [0.1, 0.15) is 23.5 Å². The number of hydrogen-bond donors (Lipinski definition) is 0. The molecule has 0 saturated carbocycles. The molecule has 6 heteroatoms. The highest BCUT2D eigenvalue weighted by Crippen LogP contribution is 2.40. The molecule has 0 radical (unpaired) electrons. The van der Waals surface area contributed by atoms with Crippen LogP contribution in [-0.4, -0.2) is 5.97 Å². The molecule has 0 saturated heterocycles. The van der Waals surface area contributed by atoms with Gasteiger partial charge in [-0.2, -0.15) is 0 Å². The first-order chi connectivity index (χ1) is 13.1. The number of ether oxygens (including phenoxy) is 1. The second-order valence-corrected chi connectivity index (χ2v) is 6.38. The molecule has 1 aliphatic heterocycles. The largest absolute Gasteiger partial charge is 0.464 e. The van der Waals surface area contributed by atoms with Crippen LogP contribution in [0.15, 0.2) is 73.2 Å². The molecule has 0 bridgehead atoms. The molecular weight excluding hydrogens is 348 g/mol. The summed E-state index contributed by atoms with van der Waals surface area (Å²) in [5.41, 5.74) is 0.240. The standard InChI is InChI=1S/C21H12O6/c22-17-9-13(14-10-25-15-7-3-1-5-11(15)19(14)23)18-20(27-17)12-6-2-4-8-16(12)26-21(18)24/h1-8,10,13H,9H2/t13-/m1/s1. The normalized spacial score (nSPS) is 16.3. The van der Waals surface area contributed by atoms with Gasteiger partial charge < -0.3 is 13.6 Å². The minimum atomic E-state index is -0.789. The van der Waals surface area contributed by atoms with Crippen LogP contribution in [0.3, 0.4) is 0 Å². The lowest BCUT2D eigenvalue weighted by Gasteiger charge is -2.23. The van der Waals surface area contributed by atoms with Crippen molar-refractivity contribution < 1.29 is 18.4 Å². The van der Waals surface area contributed by atoms with Gasteiger partial charge in [0.25, 0.3) is 0 Å². The molecule has 1 aliphatic rings. The molecular formula is C21H12O6. The molecule has 27 heavy (non-hydrogen) atoms. The monoisotopic (exact) mass is 360 g/mol. The highest BCUT2D eigenvalue weighted by atomic mass is 16.5. The van der Waals surface area contributed by atoms with Crippen molar-refractivity contribution in [2.75, 3.05) is 0 Å². The summed E-state index contributed by atoms with van der Waals surface area (Å²) in [5.74, 6) is -1.16. The maximum Gasteiger partial charge on any atom is 0.343 e. The van der Waals surface area contributed by atoms with Crippen molar-refractivity contribution in [3.05, 3.63) is 86.6 Å². The van der Waals surface area contributed by atoms with Crippen molar-refractivity contribution in [3.63, 3.8) is 0 Å². The van der Waals surface area contributed by atoms with E-state index in [1.54, 1.807) is 48.5 Å². The van der Waals surface area contributed by atoms with Gasteiger partial charge in [-0.1, -0.05) is 24.3 Å². The number of carbonyl (C=O) groups excluding carboxylic acids is 1. The van der Waals surface area contributed by atoms with E-state index < -0.39 is 17.5 Å². The van der Waals surface area contributed by atoms with E-state index in [9.17, 15) is 14.4 Å². The SMILES string of the molecule is O=C1C[C@H](c2coc3ccccc3c2=O)c2c(c3ccccc3oc2=O)O1. The first-order valence-corrected chi connectivity index (χ1v) is 8.40. The van der Waals surface area contributed by atoms with Crippen LogP contribution in [0, 0.1) is 0 Å². The molecule has 1 atom stereocenters. The van der Waals surface area contributed by atoms with Crippen molar-refractivity contribution in [1.82, 2.24) is 0 Å². The number of esters is 1. The van der Waals surface area contributed by atoms with Crippen LogP contribution < -0.4 is 15.8 Å². The minimum absolute atomic E-state index is 0.140. The lowest BCUT2D eigenvalue weighted by molar-refractivity contribution is -0.135. The summed E-state index contributed by atoms with van der Waals surface area (Å²) in [5, 5.41) is 0.899. The van der Waals surface area contributed by atoms with Gasteiger partial charge in [0.15, 0.2) is 11.2 Å². The number of rotatable bonds is 1. The van der Waals surface area contributed by atoms with Crippen molar-refractivity contribution in [2.45, 2.75) is 12.3 Å². The fourth-order valence-electron chi connectivity index (χ4n) is 3.57. The molecule has 0 unspecified atom stereocenters. The first kappa shape index (κ1) is 15.6. The van der Waals surface area contributed by atoms with Gasteiger partial charge in [-0.3, -0.25) is 9.59 Å². The lowest BCUT2D eigenvalue weighted by Crippen LogP contribution is -2.29. The number of hydrogen-bond acceptors (Lipinski definition) is 6. The molecule has 0 spiro atoms. The fourth-order valence-corrected chi connectivity index (χ4v) is 3.57. The highest BCUT2D eigenvalue weighted by molar-refractivity contribution is 5.90. The molecule has 0 fully saturated rings. The van der Waals surface area contributed by atoms with Crippen LogP contribution in [0.2, 0.25) is 0 Å². The molecule has 132 valence electrons. The summed E-state index contributed by atoms with van der Waals surface area (Å²) < 4.78 is 16.3. The fraction of sp³-hybridized carbons (Fsp3) is 0.0952.